The Morgan fingerprint density at radius 2 is 2.00 bits per heavy atom. The number of carboxylic acid groups (broad SMARTS) is 1. The third-order valence-electron chi connectivity index (χ3n) is 2.00. The smallest absolute Gasteiger partial charge is 0.323 e. The summed E-state index contributed by atoms with van der Waals surface area (Å²) >= 11 is 0. The van der Waals surface area contributed by atoms with Crippen LogP contribution in [0.3, 0.4) is 0 Å². The van der Waals surface area contributed by atoms with Gasteiger partial charge in [0.15, 0.2) is 5.03 Å². The number of hydrogen-bond acceptors (Lipinski definition) is 5. The van der Waals surface area contributed by atoms with E-state index < -0.39 is 17.0 Å². The number of nitro groups is 1. The van der Waals surface area contributed by atoms with Gasteiger partial charge in [0.05, 0.1) is 0 Å². The number of carboxylic acids is 1. The SMILES string of the molecule is O=C(O)[C@H](Cc1ccc(O)cc1)NN[N+](=O)[O-]. The van der Waals surface area contributed by atoms with Gasteiger partial charge in [-0.05, 0) is 17.7 Å². The van der Waals surface area contributed by atoms with E-state index in [0.29, 0.717) is 5.56 Å². The van der Waals surface area contributed by atoms with Gasteiger partial charge in [-0.15, -0.1) is 0 Å². The molecule has 1 atom stereocenters. The van der Waals surface area contributed by atoms with Crippen molar-refractivity contribution in [1.82, 2.24) is 11.0 Å². The number of aromatic hydroxyl groups is 1. The number of aliphatic carboxylic acids is 1. The number of carbonyl (C=O) groups is 1. The first-order valence-corrected chi connectivity index (χ1v) is 4.65. The minimum atomic E-state index is -1.22. The van der Waals surface area contributed by atoms with Crippen LogP contribution in [0, 0.1) is 10.1 Å². The molecule has 1 aromatic carbocycles. The predicted octanol–water partition coefficient (Wildman–Crippen LogP) is -0.326. The zero-order valence-electron chi connectivity index (χ0n) is 8.66. The number of nitrogens with zero attached hydrogens (tertiary/aromatic N) is 1. The van der Waals surface area contributed by atoms with Crippen LogP contribution in [0.25, 0.3) is 0 Å². The molecule has 17 heavy (non-hydrogen) atoms. The van der Waals surface area contributed by atoms with E-state index >= 15 is 0 Å². The number of hydrazine groups is 2. The lowest BCUT2D eigenvalue weighted by Crippen LogP contribution is -2.49. The molecule has 1 aromatic rings. The van der Waals surface area contributed by atoms with Crippen LogP contribution in [0.5, 0.6) is 5.75 Å². The summed E-state index contributed by atoms with van der Waals surface area (Å²) < 4.78 is 0. The molecule has 0 unspecified atom stereocenters. The average Bonchev–Trinajstić information content (AvgIpc) is 2.26. The van der Waals surface area contributed by atoms with Crippen LogP contribution in [-0.4, -0.2) is 27.3 Å². The highest BCUT2D eigenvalue weighted by atomic mass is 16.7. The van der Waals surface area contributed by atoms with Crippen molar-refractivity contribution in [1.29, 1.82) is 0 Å². The lowest BCUT2D eigenvalue weighted by atomic mass is 10.1. The van der Waals surface area contributed by atoms with Crippen LogP contribution in [-0.2, 0) is 11.2 Å². The highest BCUT2D eigenvalue weighted by Gasteiger charge is 2.19. The van der Waals surface area contributed by atoms with Crippen molar-refractivity contribution in [3.8, 4) is 5.75 Å². The van der Waals surface area contributed by atoms with Crippen LogP contribution in [0.1, 0.15) is 5.56 Å². The fourth-order valence-corrected chi connectivity index (χ4v) is 1.20. The largest absolute Gasteiger partial charge is 0.508 e. The summed E-state index contributed by atoms with van der Waals surface area (Å²) in [7, 11) is 0. The lowest BCUT2D eigenvalue weighted by molar-refractivity contribution is -0.555. The van der Waals surface area contributed by atoms with Crippen LogP contribution in [0.4, 0.5) is 0 Å². The zero-order chi connectivity index (χ0) is 12.8. The molecule has 0 aliphatic heterocycles. The van der Waals surface area contributed by atoms with Gasteiger partial charge in [0.25, 0.3) is 0 Å². The number of nitrogens with one attached hydrogen (secondary N) is 2. The maximum Gasteiger partial charge on any atom is 0.323 e. The summed E-state index contributed by atoms with van der Waals surface area (Å²) in [6, 6.07) is 4.77. The third kappa shape index (κ3) is 4.34. The zero-order valence-corrected chi connectivity index (χ0v) is 8.66. The standard InChI is InChI=1S/C9H11N3O5/c13-7-3-1-6(2-4-7)5-8(9(14)15)10-11-12(16)17/h1-4,8,10-11,13H,5H2,(H,14,15)/t8-/m0/s1. The van der Waals surface area contributed by atoms with Crippen molar-refractivity contribution in [3.05, 3.63) is 39.9 Å². The number of benzene rings is 1. The molecule has 0 aliphatic rings. The second-order valence-corrected chi connectivity index (χ2v) is 3.27. The molecule has 1 rings (SSSR count). The van der Waals surface area contributed by atoms with Crippen molar-refractivity contribution >= 4 is 5.97 Å². The van der Waals surface area contributed by atoms with E-state index in [1.165, 1.54) is 12.1 Å². The van der Waals surface area contributed by atoms with Gasteiger partial charge in [0.2, 0.25) is 0 Å². The molecule has 0 amide bonds. The molecule has 0 aliphatic carbocycles. The third-order valence-corrected chi connectivity index (χ3v) is 2.00. The molecule has 4 N–H and O–H groups in total. The highest BCUT2D eigenvalue weighted by Crippen LogP contribution is 2.11. The first-order valence-electron chi connectivity index (χ1n) is 4.65. The minimum Gasteiger partial charge on any atom is -0.508 e. The Kier molecular flexibility index (Phi) is 4.23. The Bertz CT molecular complexity index is 406. The Morgan fingerprint density at radius 1 is 1.41 bits per heavy atom. The normalized spacial score (nSPS) is 11.8. The molecule has 0 aromatic heterocycles. The minimum absolute atomic E-state index is 0.0520. The fourth-order valence-electron chi connectivity index (χ4n) is 1.20. The molecule has 0 fully saturated rings. The number of phenols is 1. The Hall–Kier alpha value is -2.35. The summed E-state index contributed by atoms with van der Waals surface area (Å²) in [4.78, 5) is 20.8. The maximum atomic E-state index is 10.8. The molecule has 8 nitrogen and oxygen atoms in total. The van der Waals surface area contributed by atoms with Gasteiger partial charge in [-0.2, -0.15) is 5.43 Å². The van der Waals surface area contributed by atoms with Crippen molar-refractivity contribution in [2.45, 2.75) is 12.5 Å². The quantitative estimate of drug-likeness (QED) is 0.397. The summed E-state index contributed by atoms with van der Waals surface area (Å²) in [5.74, 6) is -1.15. The Labute approximate surface area is 96.0 Å². The summed E-state index contributed by atoms with van der Waals surface area (Å²) in [6.07, 6.45) is 0.0520. The van der Waals surface area contributed by atoms with Gasteiger partial charge in [-0.1, -0.05) is 17.7 Å². The van der Waals surface area contributed by atoms with Gasteiger partial charge in [0, 0.05) is 6.42 Å². The van der Waals surface area contributed by atoms with Crippen molar-refractivity contribution in [3.63, 3.8) is 0 Å². The molecule has 0 saturated carbocycles. The molecular formula is C9H11N3O5. The van der Waals surface area contributed by atoms with E-state index in [1.807, 2.05) is 0 Å². The summed E-state index contributed by atoms with van der Waals surface area (Å²) in [5, 5.41) is 27.0. The van der Waals surface area contributed by atoms with Crippen LogP contribution in [0.2, 0.25) is 0 Å². The highest BCUT2D eigenvalue weighted by molar-refractivity contribution is 5.73. The number of phenolic OH excluding ortho intramolecular Hbond substituents is 1. The van der Waals surface area contributed by atoms with Crippen molar-refractivity contribution < 1.29 is 20.0 Å². The topological polar surface area (TPSA) is 125 Å². The molecule has 92 valence electrons. The maximum absolute atomic E-state index is 10.8. The van der Waals surface area contributed by atoms with Gasteiger partial charge < -0.3 is 10.2 Å². The van der Waals surface area contributed by atoms with E-state index in [0.717, 1.165) is 0 Å². The molecule has 0 saturated heterocycles. The first-order chi connectivity index (χ1) is 7.99. The van der Waals surface area contributed by atoms with E-state index in [-0.39, 0.29) is 12.2 Å². The van der Waals surface area contributed by atoms with Crippen LogP contribution >= 0.6 is 0 Å². The first kappa shape index (κ1) is 12.7. The molecule has 0 radical (unpaired) electrons. The van der Waals surface area contributed by atoms with Gasteiger partial charge in [0.1, 0.15) is 11.8 Å². The second kappa shape index (κ2) is 5.66. The number of hydrogen-bond donors (Lipinski definition) is 4. The fraction of sp³-hybridized carbons (Fsp3) is 0.222. The van der Waals surface area contributed by atoms with Crippen molar-refractivity contribution in [2.75, 3.05) is 0 Å². The summed E-state index contributed by atoms with van der Waals surface area (Å²) in [6.45, 7) is 0. The number of rotatable bonds is 6. The summed E-state index contributed by atoms with van der Waals surface area (Å²) in [5.41, 5.74) is 4.30. The van der Waals surface area contributed by atoms with E-state index in [4.69, 9.17) is 10.2 Å². The lowest BCUT2D eigenvalue weighted by Gasteiger charge is -2.11. The Balaban J connectivity index is 2.63. The van der Waals surface area contributed by atoms with Gasteiger partial charge >= 0.3 is 5.97 Å². The van der Waals surface area contributed by atoms with Gasteiger partial charge in [-0.25, -0.2) is 10.1 Å². The molecule has 8 heteroatoms. The molecule has 0 bridgehead atoms. The van der Waals surface area contributed by atoms with E-state index in [9.17, 15) is 14.9 Å². The second-order valence-electron chi connectivity index (χ2n) is 3.27. The van der Waals surface area contributed by atoms with E-state index in [1.54, 1.807) is 17.7 Å². The van der Waals surface area contributed by atoms with Gasteiger partial charge in [-0.3, -0.25) is 4.79 Å². The van der Waals surface area contributed by atoms with Crippen LogP contribution in [0.15, 0.2) is 24.3 Å². The van der Waals surface area contributed by atoms with E-state index in [2.05, 4.69) is 5.43 Å². The monoisotopic (exact) mass is 241 g/mol. The predicted molar refractivity (Wildman–Crippen MR) is 56.5 cm³/mol. The van der Waals surface area contributed by atoms with Crippen LogP contribution < -0.4 is 11.0 Å². The molecule has 0 spiro atoms. The Morgan fingerprint density at radius 3 is 2.47 bits per heavy atom. The van der Waals surface area contributed by atoms with Crippen molar-refractivity contribution in [2.24, 2.45) is 0 Å². The molecule has 0 heterocycles. The molecular weight excluding hydrogens is 230 g/mol. The average molecular weight is 241 g/mol.